The van der Waals surface area contributed by atoms with Crippen molar-refractivity contribution in [2.45, 2.75) is 57.9 Å². The number of rotatable bonds is 7. The van der Waals surface area contributed by atoms with E-state index in [1.54, 1.807) is 0 Å². The molecule has 1 aromatic carbocycles. The number of carbonyl (C=O) groups is 2. The Kier molecular flexibility index (Phi) is 5.74. The fourth-order valence-corrected chi connectivity index (χ4v) is 4.41. The molecule has 1 aliphatic heterocycles. The smallest absolute Gasteiger partial charge is 0.309 e. The molecule has 4 rings (SSSR count). The van der Waals surface area contributed by atoms with Gasteiger partial charge in [-0.05, 0) is 49.8 Å². The molecule has 2 aliphatic carbocycles. The summed E-state index contributed by atoms with van der Waals surface area (Å²) in [6, 6.07) is 5.99. The summed E-state index contributed by atoms with van der Waals surface area (Å²) >= 11 is 0. The van der Waals surface area contributed by atoms with Gasteiger partial charge in [-0.1, -0.05) is 25.3 Å². The number of benzene rings is 1. The lowest BCUT2D eigenvalue weighted by atomic mass is 9.93. The second-order valence-corrected chi connectivity index (χ2v) is 8.06. The molecule has 0 N–H and O–H groups in total. The van der Waals surface area contributed by atoms with Crippen LogP contribution in [-0.4, -0.2) is 42.8 Å². The van der Waals surface area contributed by atoms with Crippen LogP contribution in [0.1, 0.15) is 51.0 Å². The Bertz CT molecular complexity index is 728. The Balaban J connectivity index is 1.42. The number of amides is 1. The third kappa shape index (κ3) is 4.26. The summed E-state index contributed by atoms with van der Waals surface area (Å²) in [6.45, 7) is 3.14. The van der Waals surface area contributed by atoms with E-state index in [9.17, 15) is 9.59 Å². The Morgan fingerprint density at radius 1 is 1.14 bits per heavy atom. The van der Waals surface area contributed by atoms with Crippen molar-refractivity contribution in [1.82, 2.24) is 4.90 Å². The standard InChI is InChI=1S/C22H29NO5/c1-2-26-22(25)18-12-16(18)13-23(17-6-4-3-5-7-17)21(24)11-15-8-9-19-20(10-15)28-14-27-19/h8-10,16-18H,2-7,11-14H2,1H3/t16-,18-/m0/s1. The number of carbonyl (C=O) groups excluding carboxylic acids is 2. The molecule has 152 valence electrons. The number of hydrogen-bond donors (Lipinski definition) is 0. The summed E-state index contributed by atoms with van der Waals surface area (Å²) in [5.41, 5.74) is 0.938. The summed E-state index contributed by atoms with van der Waals surface area (Å²) in [5.74, 6) is 1.67. The number of fused-ring (bicyclic) bond motifs is 1. The lowest BCUT2D eigenvalue weighted by Crippen LogP contribution is -2.43. The highest BCUT2D eigenvalue weighted by atomic mass is 16.7. The van der Waals surface area contributed by atoms with Crippen molar-refractivity contribution in [1.29, 1.82) is 0 Å². The van der Waals surface area contributed by atoms with Crippen LogP contribution in [0.15, 0.2) is 18.2 Å². The van der Waals surface area contributed by atoms with Crippen LogP contribution in [-0.2, 0) is 20.7 Å². The largest absolute Gasteiger partial charge is 0.466 e. The van der Waals surface area contributed by atoms with Crippen LogP contribution in [0.3, 0.4) is 0 Å². The average Bonchev–Trinajstić information content (AvgIpc) is 3.33. The van der Waals surface area contributed by atoms with Gasteiger partial charge in [-0.2, -0.15) is 0 Å². The number of hydrogen-bond acceptors (Lipinski definition) is 5. The van der Waals surface area contributed by atoms with E-state index in [1.165, 1.54) is 19.3 Å². The zero-order valence-electron chi connectivity index (χ0n) is 16.5. The van der Waals surface area contributed by atoms with Gasteiger partial charge in [0, 0.05) is 12.6 Å². The SMILES string of the molecule is CCOC(=O)[C@H]1C[C@H]1CN(C(=O)Cc1ccc2c(c1)OCO2)C1CCCCC1. The van der Waals surface area contributed by atoms with Gasteiger partial charge in [0.05, 0.1) is 18.9 Å². The molecule has 3 aliphatic rings. The first kappa shape index (κ1) is 19.1. The lowest BCUT2D eigenvalue weighted by molar-refractivity contribution is -0.145. The zero-order chi connectivity index (χ0) is 19.5. The van der Waals surface area contributed by atoms with Crippen molar-refractivity contribution in [3.63, 3.8) is 0 Å². The molecule has 1 aromatic rings. The fourth-order valence-electron chi connectivity index (χ4n) is 4.41. The van der Waals surface area contributed by atoms with E-state index in [1.807, 2.05) is 30.0 Å². The first-order valence-corrected chi connectivity index (χ1v) is 10.5. The van der Waals surface area contributed by atoms with Gasteiger partial charge in [-0.25, -0.2) is 0 Å². The van der Waals surface area contributed by atoms with Crippen molar-refractivity contribution < 1.29 is 23.8 Å². The van der Waals surface area contributed by atoms with Gasteiger partial charge in [-0.3, -0.25) is 9.59 Å². The first-order valence-electron chi connectivity index (χ1n) is 10.5. The molecular formula is C22H29NO5. The molecular weight excluding hydrogens is 358 g/mol. The summed E-state index contributed by atoms with van der Waals surface area (Å²) in [5, 5.41) is 0. The van der Waals surface area contributed by atoms with Gasteiger partial charge in [-0.15, -0.1) is 0 Å². The Morgan fingerprint density at radius 3 is 2.71 bits per heavy atom. The van der Waals surface area contributed by atoms with Crippen LogP contribution in [0.2, 0.25) is 0 Å². The van der Waals surface area contributed by atoms with Crippen LogP contribution in [0.25, 0.3) is 0 Å². The summed E-state index contributed by atoms with van der Waals surface area (Å²) in [6.07, 6.45) is 6.89. The van der Waals surface area contributed by atoms with Gasteiger partial charge in [0.2, 0.25) is 12.7 Å². The highest BCUT2D eigenvalue weighted by Gasteiger charge is 2.46. The van der Waals surface area contributed by atoms with Crippen molar-refractivity contribution >= 4 is 11.9 Å². The molecule has 2 fully saturated rings. The molecule has 0 radical (unpaired) electrons. The van der Waals surface area contributed by atoms with Crippen molar-refractivity contribution in [2.24, 2.45) is 11.8 Å². The number of esters is 1. The fraction of sp³-hybridized carbons (Fsp3) is 0.636. The molecule has 6 heteroatoms. The molecule has 6 nitrogen and oxygen atoms in total. The van der Waals surface area contributed by atoms with Crippen LogP contribution in [0.4, 0.5) is 0 Å². The van der Waals surface area contributed by atoms with Crippen LogP contribution >= 0.6 is 0 Å². The van der Waals surface area contributed by atoms with Gasteiger partial charge in [0.15, 0.2) is 11.5 Å². The topological polar surface area (TPSA) is 65.1 Å². The van der Waals surface area contributed by atoms with E-state index in [0.717, 1.165) is 30.6 Å². The maximum Gasteiger partial charge on any atom is 0.309 e. The first-order chi connectivity index (χ1) is 13.7. The average molecular weight is 387 g/mol. The summed E-state index contributed by atoms with van der Waals surface area (Å²) < 4.78 is 15.9. The lowest BCUT2D eigenvalue weighted by Gasteiger charge is -2.35. The van der Waals surface area contributed by atoms with Crippen LogP contribution < -0.4 is 9.47 Å². The van der Waals surface area contributed by atoms with Crippen molar-refractivity contribution in [2.75, 3.05) is 19.9 Å². The Morgan fingerprint density at radius 2 is 1.93 bits per heavy atom. The van der Waals surface area contributed by atoms with Gasteiger partial charge in [0.1, 0.15) is 0 Å². The summed E-state index contributed by atoms with van der Waals surface area (Å²) in [4.78, 5) is 27.3. The normalized spacial score (nSPS) is 23.3. The Labute approximate surface area is 166 Å². The zero-order valence-corrected chi connectivity index (χ0v) is 16.5. The molecule has 1 amide bonds. The molecule has 2 atom stereocenters. The molecule has 0 bridgehead atoms. The predicted molar refractivity (Wildman–Crippen MR) is 103 cm³/mol. The van der Waals surface area contributed by atoms with E-state index < -0.39 is 0 Å². The highest BCUT2D eigenvalue weighted by Crippen LogP contribution is 2.41. The summed E-state index contributed by atoms with van der Waals surface area (Å²) in [7, 11) is 0. The van der Waals surface area contributed by atoms with Crippen molar-refractivity contribution in [3.8, 4) is 11.5 Å². The maximum atomic E-state index is 13.2. The Hall–Kier alpha value is -2.24. The second kappa shape index (κ2) is 8.41. The van der Waals surface area contributed by atoms with Crippen LogP contribution in [0.5, 0.6) is 11.5 Å². The van der Waals surface area contributed by atoms with E-state index in [4.69, 9.17) is 14.2 Å². The maximum absolute atomic E-state index is 13.2. The monoisotopic (exact) mass is 387 g/mol. The third-order valence-electron chi connectivity index (χ3n) is 6.07. The molecule has 0 saturated heterocycles. The minimum atomic E-state index is -0.112. The third-order valence-corrected chi connectivity index (χ3v) is 6.07. The van der Waals surface area contributed by atoms with E-state index in [2.05, 4.69) is 0 Å². The van der Waals surface area contributed by atoms with Gasteiger partial charge in [0.25, 0.3) is 0 Å². The quantitative estimate of drug-likeness (QED) is 0.672. The van der Waals surface area contributed by atoms with E-state index in [-0.39, 0.29) is 30.5 Å². The molecule has 0 aromatic heterocycles. The number of nitrogens with zero attached hydrogens (tertiary/aromatic N) is 1. The second-order valence-electron chi connectivity index (χ2n) is 8.06. The van der Waals surface area contributed by atoms with Crippen LogP contribution in [0, 0.1) is 11.8 Å². The molecule has 0 unspecified atom stereocenters. The van der Waals surface area contributed by atoms with E-state index in [0.29, 0.717) is 31.4 Å². The number of ether oxygens (including phenoxy) is 3. The molecule has 1 heterocycles. The van der Waals surface area contributed by atoms with E-state index >= 15 is 0 Å². The van der Waals surface area contributed by atoms with Gasteiger partial charge < -0.3 is 19.1 Å². The molecule has 0 spiro atoms. The minimum absolute atomic E-state index is 0.0376. The molecule has 2 saturated carbocycles. The predicted octanol–water partition coefficient (Wildman–Crippen LogP) is 3.32. The molecule has 28 heavy (non-hydrogen) atoms. The van der Waals surface area contributed by atoms with Crippen molar-refractivity contribution in [3.05, 3.63) is 23.8 Å². The van der Waals surface area contributed by atoms with Gasteiger partial charge >= 0.3 is 5.97 Å². The minimum Gasteiger partial charge on any atom is -0.466 e. The highest BCUT2D eigenvalue weighted by molar-refractivity contribution is 5.80.